The number of nitrogens with zero attached hydrogens (tertiary/aromatic N) is 2. The molecule has 1 saturated carbocycles. The van der Waals surface area contributed by atoms with Crippen molar-refractivity contribution in [2.45, 2.75) is 52.0 Å². The van der Waals surface area contributed by atoms with Crippen LogP contribution in [0, 0.1) is 5.92 Å². The van der Waals surface area contributed by atoms with E-state index in [1.165, 1.54) is 54.5 Å². The Morgan fingerprint density at radius 3 is 2.63 bits per heavy atom. The molecule has 1 aliphatic heterocycles. The Hall–Kier alpha value is -0.610. The molecule has 1 aromatic heterocycles. The lowest BCUT2D eigenvalue weighted by Gasteiger charge is -2.29. The largest absolute Gasteiger partial charge is 0.348 e. The summed E-state index contributed by atoms with van der Waals surface area (Å²) in [7, 11) is 0. The van der Waals surface area contributed by atoms with Crippen molar-refractivity contribution in [1.82, 2.24) is 10.3 Å². The molecule has 106 valence electrons. The van der Waals surface area contributed by atoms with Gasteiger partial charge in [0.25, 0.3) is 0 Å². The zero-order chi connectivity index (χ0) is 13.2. The highest BCUT2D eigenvalue weighted by Gasteiger charge is 2.30. The summed E-state index contributed by atoms with van der Waals surface area (Å²) in [5.74, 6) is 1.66. The Morgan fingerprint density at radius 2 is 2.00 bits per heavy atom. The summed E-state index contributed by atoms with van der Waals surface area (Å²) >= 11 is 1.93. The van der Waals surface area contributed by atoms with Gasteiger partial charge in [0, 0.05) is 30.4 Å². The van der Waals surface area contributed by atoms with E-state index in [0.29, 0.717) is 0 Å². The van der Waals surface area contributed by atoms with E-state index in [9.17, 15) is 0 Å². The summed E-state index contributed by atoms with van der Waals surface area (Å²) in [6.07, 6.45) is 5.33. The van der Waals surface area contributed by atoms with Gasteiger partial charge in [-0.1, -0.05) is 13.8 Å². The molecule has 0 bridgehead atoms. The lowest BCUT2D eigenvalue weighted by molar-refractivity contribution is 0.438. The van der Waals surface area contributed by atoms with Gasteiger partial charge in [-0.05, 0) is 38.1 Å². The zero-order valence-corrected chi connectivity index (χ0v) is 12.9. The van der Waals surface area contributed by atoms with E-state index in [0.717, 1.165) is 24.9 Å². The summed E-state index contributed by atoms with van der Waals surface area (Å²) in [6.45, 7) is 8.97. The first-order valence-corrected chi connectivity index (χ1v) is 8.54. The monoisotopic (exact) mass is 279 g/mol. The fourth-order valence-corrected chi connectivity index (χ4v) is 3.89. The summed E-state index contributed by atoms with van der Waals surface area (Å²) in [6, 6.07) is 0. The molecule has 1 saturated heterocycles. The van der Waals surface area contributed by atoms with E-state index in [-0.39, 0.29) is 0 Å². The van der Waals surface area contributed by atoms with Gasteiger partial charge in [0.1, 0.15) is 0 Å². The molecule has 19 heavy (non-hydrogen) atoms. The van der Waals surface area contributed by atoms with Crippen molar-refractivity contribution < 1.29 is 0 Å². The summed E-state index contributed by atoms with van der Waals surface area (Å²) < 4.78 is 0. The summed E-state index contributed by atoms with van der Waals surface area (Å²) in [5, 5.41) is 4.74. The molecule has 1 aromatic rings. The Kier molecular flexibility index (Phi) is 4.08. The molecular weight excluding hydrogens is 254 g/mol. The highest BCUT2D eigenvalue weighted by Crippen LogP contribution is 2.44. The predicted octanol–water partition coefficient (Wildman–Crippen LogP) is 3.37. The fourth-order valence-electron chi connectivity index (χ4n) is 2.73. The predicted molar refractivity (Wildman–Crippen MR) is 82.1 cm³/mol. The van der Waals surface area contributed by atoms with E-state index in [1.807, 2.05) is 11.3 Å². The van der Waals surface area contributed by atoms with E-state index < -0.39 is 0 Å². The maximum absolute atomic E-state index is 4.98. The van der Waals surface area contributed by atoms with Gasteiger partial charge in [-0.2, -0.15) is 0 Å². The van der Waals surface area contributed by atoms with Gasteiger partial charge in [-0.15, -0.1) is 11.3 Å². The number of rotatable bonds is 5. The van der Waals surface area contributed by atoms with Crippen LogP contribution in [0.2, 0.25) is 0 Å². The van der Waals surface area contributed by atoms with Crippen molar-refractivity contribution in [2.24, 2.45) is 5.92 Å². The number of nitrogens with one attached hydrogen (secondary N) is 1. The maximum atomic E-state index is 4.98. The molecule has 4 heteroatoms. The molecule has 1 N–H and O–H groups in total. The van der Waals surface area contributed by atoms with Crippen LogP contribution in [0.1, 0.15) is 56.0 Å². The van der Waals surface area contributed by atoms with Crippen LogP contribution >= 0.6 is 11.3 Å². The molecule has 1 aliphatic carbocycles. The minimum absolute atomic E-state index is 0.766. The SMILES string of the molecule is CCNCc1sc(N2CCC(C)CC2)nc1C1CC1. The normalized spacial score (nSPS) is 21.1. The highest BCUT2D eigenvalue weighted by atomic mass is 32.1. The summed E-state index contributed by atoms with van der Waals surface area (Å²) in [5.41, 5.74) is 1.40. The van der Waals surface area contributed by atoms with Crippen molar-refractivity contribution in [2.75, 3.05) is 24.5 Å². The number of hydrogen-bond acceptors (Lipinski definition) is 4. The molecule has 0 amide bonds. The molecule has 3 nitrogen and oxygen atoms in total. The van der Waals surface area contributed by atoms with Crippen molar-refractivity contribution >= 4 is 16.5 Å². The van der Waals surface area contributed by atoms with Crippen LogP contribution in [0.5, 0.6) is 0 Å². The second kappa shape index (κ2) is 5.80. The summed E-state index contributed by atoms with van der Waals surface area (Å²) in [4.78, 5) is 8.97. The average Bonchev–Trinajstić information content (AvgIpc) is 3.18. The van der Waals surface area contributed by atoms with E-state index in [2.05, 4.69) is 24.1 Å². The first kappa shape index (κ1) is 13.4. The smallest absolute Gasteiger partial charge is 0.185 e. The fraction of sp³-hybridized carbons (Fsp3) is 0.800. The minimum atomic E-state index is 0.766. The minimum Gasteiger partial charge on any atom is -0.348 e. The second-order valence-corrected chi connectivity index (χ2v) is 7.09. The molecule has 0 spiro atoms. The standard InChI is InChI=1S/C15H25N3S/c1-3-16-10-13-14(12-4-5-12)17-15(19-13)18-8-6-11(2)7-9-18/h11-12,16H,3-10H2,1-2H3. The number of hydrogen-bond donors (Lipinski definition) is 1. The molecular formula is C15H25N3S. The molecule has 2 fully saturated rings. The van der Waals surface area contributed by atoms with Crippen LogP contribution in [0.4, 0.5) is 5.13 Å². The highest BCUT2D eigenvalue weighted by molar-refractivity contribution is 7.15. The Bertz CT molecular complexity index is 417. The Labute approximate surface area is 120 Å². The first-order valence-electron chi connectivity index (χ1n) is 7.73. The number of anilines is 1. The van der Waals surface area contributed by atoms with E-state index in [1.54, 1.807) is 0 Å². The van der Waals surface area contributed by atoms with Crippen LogP contribution in [0.15, 0.2) is 0 Å². The number of aromatic nitrogens is 1. The quantitative estimate of drug-likeness (QED) is 0.895. The van der Waals surface area contributed by atoms with Crippen LogP contribution in [-0.2, 0) is 6.54 Å². The van der Waals surface area contributed by atoms with Crippen LogP contribution in [-0.4, -0.2) is 24.6 Å². The molecule has 0 aromatic carbocycles. The number of piperidine rings is 1. The van der Waals surface area contributed by atoms with Gasteiger partial charge in [0.15, 0.2) is 5.13 Å². The third-order valence-corrected chi connectivity index (χ3v) is 5.40. The van der Waals surface area contributed by atoms with Gasteiger partial charge in [0.05, 0.1) is 5.69 Å². The molecule has 0 unspecified atom stereocenters. The molecule has 3 rings (SSSR count). The van der Waals surface area contributed by atoms with Crippen molar-refractivity contribution in [3.8, 4) is 0 Å². The van der Waals surface area contributed by atoms with Gasteiger partial charge in [-0.3, -0.25) is 0 Å². The lowest BCUT2D eigenvalue weighted by atomic mass is 10.00. The van der Waals surface area contributed by atoms with Crippen LogP contribution < -0.4 is 10.2 Å². The number of thiazole rings is 1. The first-order chi connectivity index (χ1) is 9.28. The Morgan fingerprint density at radius 1 is 1.26 bits per heavy atom. The zero-order valence-electron chi connectivity index (χ0n) is 12.1. The van der Waals surface area contributed by atoms with Crippen LogP contribution in [0.25, 0.3) is 0 Å². The van der Waals surface area contributed by atoms with E-state index in [4.69, 9.17) is 4.98 Å². The molecule has 0 radical (unpaired) electrons. The van der Waals surface area contributed by atoms with Crippen LogP contribution in [0.3, 0.4) is 0 Å². The maximum Gasteiger partial charge on any atom is 0.185 e. The third kappa shape index (κ3) is 3.11. The van der Waals surface area contributed by atoms with E-state index >= 15 is 0 Å². The van der Waals surface area contributed by atoms with Crippen molar-refractivity contribution in [1.29, 1.82) is 0 Å². The topological polar surface area (TPSA) is 28.2 Å². The molecule has 2 aliphatic rings. The lowest BCUT2D eigenvalue weighted by Crippen LogP contribution is -2.32. The molecule has 2 heterocycles. The van der Waals surface area contributed by atoms with Gasteiger partial charge in [0.2, 0.25) is 0 Å². The van der Waals surface area contributed by atoms with Gasteiger partial charge in [-0.25, -0.2) is 4.98 Å². The van der Waals surface area contributed by atoms with Gasteiger partial charge < -0.3 is 10.2 Å². The third-order valence-electron chi connectivity index (χ3n) is 4.27. The van der Waals surface area contributed by atoms with Crippen molar-refractivity contribution in [3.63, 3.8) is 0 Å². The van der Waals surface area contributed by atoms with Crippen molar-refractivity contribution in [3.05, 3.63) is 10.6 Å². The molecule has 0 atom stereocenters. The van der Waals surface area contributed by atoms with Gasteiger partial charge >= 0.3 is 0 Å². The Balaban J connectivity index is 1.74. The second-order valence-electron chi connectivity index (χ2n) is 6.03. The average molecular weight is 279 g/mol.